The van der Waals surface area contributed by atoms with Gasteiger partial charge in [0.2, 0.25) is 0 Å². The van der Waals surface area contributed by atoms with Crippen LogP contribution in [0.1, 0.15) is 23.6 Å². The number of nitrogens with zero attached hydrogens (tertiary/aromatic N) is 1. The van der Waals surface area contributed by atoms with Crippen LogP contribution in [0, 0.1) is 17.8 Å². The largest absolute Gasteiger partial charge is 0.340 e. The molecule has 1 aromatic carbocycles. The van der Waals surface area contributed by atoms with Gasteiger partial charge in [-0.1, -0.05) is 36.4 Å². The number of aromatic nitrogens is 1. The predicted molar refractivity (Wildman–Crippen MR) is 82.8 cm³/mol. The Morgan fingerprint density at radius 2 is 2.05 bits per heavy atom. The minimum absolute atomic E-state index is 0.771. The summed E-state index contributed by atoms with van der Waals surface area (Å²) in [7, 11) is 0. The van der Waals surface area contributed by atoms with Gasteiger partial charge in [0.15, 0.2) is 0 Å². The fourth-order valence-electron chi connectivity index (χ4n) is 5.16. The Balaban J connectivity index is 1.80. The van der Waals surface area contributed by atoms with Crippen molar-refractivity contribution in [1.29, 1.82) is 0 Å². The van der Waals surface area contributed by atoms with Gasteiger partial charge in [0.25, 0.3) is 0 Å². The summed E-state index contributed by atoms with van der Waals surface area (Å²) in [4.78, 5) is 0. The van der Waals surface area contributed by atoms with Crippen LogP contribution in [0.15, 0.2) is 49.1 Å². The summed E-state index contributed by atoms with van der Waals surface area (Å²) in [6, 6.07) is 8.93. The first-order chi connectivity index (χ1) is 9.88. The van der Waals surface area contributed by atoms with Gasteiger partial charge in [-0.05, 0) is 42.2 Å². The molecule has 0 spiro atoms. The monoisotopic (exact) mass is 261 g/mol. The summed E-state index contributed by atoms with van der Waals surface area (Å²) in [5.74, 6) is 3.27. The summed E-state index contributed by atoms with van der Waals surface area (Å²) in [6.45, 7) is 4.91. The number of para-hydroxylation sites is 1. The van der Waals surface area contributed by atoms with Crippen molar-refractivity contribution in [2.24, 2.45) is 17.8 Å². The molecule has 2 bridgehead atoms. The quantitative estimate of drug-likeness (QED) is 0.711. The van der Waals surface area contributed by atoms with E-state index >= 15 is 0 Å². The minimum Gasteiger partial charge on any atom is -0.340 e. The Hall–Kier alpha value is -1.76. The Bertz CT molecular complexity index is 748. The summed E-state index contributed by atoms with van der Waals surface area (Å²) >= 11 is 0. The van der Waals surface area contributed by atoms with Gasteiger partial charge in [-0.2, -0.15) is 0 Å². The second-order valence-electron chi connectivity index (χ2n) is 6.62. The Morgan fingerprint density at radius 3 is 2.95 bits per heavy atom. The molecule has 1 heterocycles. The average molecular weight is 261 g/mol. The van der Waals surface area contributed by atoms with Crippen LogP contribution in [0.2, 0.25) is 0 Å². The molecule has 5 rings (SSSR count). The molecule has 0 amide bonds. The molecule has 0 radical (unpaired) electrons. The highest BCUT2D eigenvalue weighted by Gasteiger charge is 2.51. The minimum atomic E-state index is 0.771. The van der Waals surface area contributed by atoms with E-state index in [1.807, 2.05) is 6.08 Å². The Labute approximate surface area is 119 Å². The van der Waals surface area contributed by atoms with E-state index in [9.17, 15) is 0 Å². The third-order valence-corrected chi connectivity index (χ3v) is 5.81. The number of allylic oxidation sites excluding steroid dienone is 3. The Kier molecular flexibility index (Phi) is 2.01. The summed E-state index contributed by atoms with van der Waals surface area (Å²) in [5.41, 5.74) is 4.67. The molecular weight excluding hydrogens is 242 g/mol. The summed E-state index contributed by atoms with van der Waals surface area (Å²) < 4.78 is 2.54. The standard InChI is InChI=1S/C19H19N/c1-2-9-20-17-6-4-3-5-14(17)16-11-15-12-7-8-13(10-12)18(15)19(16)20/h2-8,12-13,15,18H,1,9-11H2/t12?,13?,15-,18+/m1/s1. The second kappa shape index (κ2) is 3.66. The Morgan fingerprint density at radius 1 is 1.20 bits per heavy atom. The van der Waals surface area contributed by atoms with Crippen molar-refractivity contribution in [3.63, 3.8) is 0 Å². The van der Waals surface area contributed by atoms with Crippen LogP contribution in [0.5, 0.6) is 0 Å². The van der Waals surface area contributed by atoms with Crippen molar-refractivity contribution in [3.8, 4) is 0 Å². The molecule has 0 saturated heterocycles. The van der Waals surface area contributed by atoms with E-state index in [0.29, 0.717) is 0 Å². The van der Waals surface area contributed by atoms with E-state index < -0.39 is 0 Å². The van der Waals surface area contributed by atoms with E-state index in [1.165, 1.54) is 23.7 Å². The third kappa shape index (κ3) is 1.15. The molecule has 1 nitrogen and oxygen atoms in total. The molecule has 100 valence electrons. The normalized spacial score (nSPS) is 32.8. The topological polar surface area (TPSA) is 4.93 Å². The maximum Gasteiger partial charge on any atom is 0.0488 e. The highest BCUT2D eigenvalue weighted by atomic mass is 15.0. The smallest absolute Gasteiger partial charge is 0.0488 e. The third-order valence-electron chi connectivity index (χ3n) is 5.81. The van der Waals surface area contributed by atoms with E-state index in [0.717, 1.165) is 30.2 Å². The SMILES string of the molecule is C=CCn1c2c(c3ccccc31)C[C@@H]1C3C=CC(C3)[C@H]21. The van der Waals surface area contributed by atoms with Gasteiger partial charge in [0.1, 0.15) is 0 Å². The molecule has 2 unspecified atom stereocenters. The number of hydrogen-bond acceptors (Lipinski definition) is 0. The van der Waals surface area contributed by atoms with Crippen molar-refractivity contribution >= 4 is 10.9 Å². The van der Waals surface area contributed by atoms with Crippen LogP contribution >= 0.6 is 0 Å². The molecular formula is C19H19N. The number of benzene rings is 1. The maximum atomic E-state index is 3.97. The molecule has 0 aliphatic heterocycles. The second-order valence-corrected chi connectivity index (χ2v) is 6.62. The first-order valence-electron chi connectivity index (χ1n) is 7.77. The van der Waals surface area contributed by atoms with Crippen LogP contribution < -0.4 is 0 Å². The van der Waals surface area contributed by atoms with Gasteiger partial charge in [-0.25, -0.2) is 0 Å². The molecule has 1 fully saturated rings. The fraction of sp³-hybridized carbons (Fsp3) is 0.368. The molecule has 4 atom stereocenters. The number of fused-ring (bicyclic) bond motifs is 9. The average Bonchev–Trinajstić information content (AvgIpc) is 3.18. The van der Waals surface area contributed by atoms with Crippen LogP contribution in [-0.4, -0.2) is 4.57 Å². The van der Waals surface area contributed by atoms with Crippen LogP contribution in [-0.2, 0) is 13.0 Å². The lowest BCUT2D eigenvalue weighted by atomic mass is 9.85. The van der Waals surface area contributed by atoms with Gasteiger partial charge in [-0.15, -0.1) is 6.58 Å². The van der Waals surface area contributed by atoms with Crippen molar-refractivity contribution in [2.75, 3.05) is 0 Å². The number of hydrogen-bond donors (Lipinski definition) is 0. The van der Waals surface area contributed by atoms with E-state index in [-0.39, 0.29) is 0 Å². The molecule has 0 N–H and O–H groups in total. The zero-order chi connectivity index (χ0) is 13.3. The van der Waals surface area contributed by atoms with Gasteiger partial charge < -0.3 is 4.57 Å². The molecule has 20 heavy (non-hydrogen) atoms. The first-order valence-corrected chi connectivity index (χ1v) is 7.77. The zero-order valence-corrected chi connectivity index (χ0v) is 11.6. The molecule has 2 aromatic rings. The molecule has 1 saturated carbocycles. The summed E-state index contributed by atoms with van der Waals surface area (Å²) in [5, 5.41) is 1.48. The lowest BCUT2D eigenvalue weighted by molar-refractivity contribution is 0.416. The molecule has 1 heteroatoms. The van der Waals surface area contributed by atoms with Gasteiger partial charge >= 0.3 is 0 Å². The van der Waals surface area contributed by atoms with Crippen molar-refractivity contribution in [3.05, 3.63) is 60.3 Å². The van der Waals surface area contributed by atoms with Gasteiger partial charge in [-0.3, -0.25) is 0 Å². The summed E-state index contributed by atoms with van der Waals surface area (Å²) in [6.07, 6.45) is 9.69. The van der Waals surface area contributed by atoms with Crippen LogP contribution in [0.4, 0.5) is 0 Å². The predicted octanol–water partition coefficient (Wildman–Crippen LogP) is 4.29. The van der Waals surface area contributed by atoms with Gasteiger partial charge in [0, 0.05) is 29.1 Å². The van der Waals surface area contributed by atoms with E-state index in [4.69, 9.17) is 0 Å². The molecule has 1 aromatic heterocycles. The highest BCUT2D eigenvalue weighted by Crippen LogP contribution is 2.59. The molecule has 3 aliphatic carbocycles. The van der Waals surface area contributed by atoms with E-state index in [2.05, 4.69) is 47.6 Å². The fourth-order valence-corrected chi connectivity index (χ4v) is 5.16. The number of rotatable bonds is 2. The highest BCUT2D eigenvalue weighted by molar-refractivity contribution is 5.87. The van der Waals surface area contributed by atoms with Crippen molar-refractivity contribution in [1.82, 2.24) is 4.57 Å². The zero-order valence-electron chi connectivity index (χ0n) is 11.6. The van der Waals surface area contributed by atoms with Crippen molar-refractivity contribution in [2.45, 2.75) is 25.3 Å². The van der Waals surface area contributed by atoms with Crippen LogP contribution in [0.3, 0.4) is 0 Å². The van der Waals surface area contributed by atoms with E-state index in [1.54, 1.807) is 11.3 Å². The maximum absolute atomic E-state index is 3.97. The lowest BCUT2D eigenvalue weighted by Gasteiger charge is -2.23. The lowest BCUT2D eigenvalue weighted by Crippen LogP contribution is -2.16. The van der Waals surface area contributed by atoms with Crippen LogP contribution in [0.25, 0.3) is 10.9 Å². The first kappa shape index (κ1) is 11.0. The van der Waals surface area contributed by atoms with Gasteiger partial charge in [0.05, 0.1) is 0 Å². The molecule has 3 aliphatic rings. The van der Waals surface area contributed by atoms with Crippen molar-refractivity contribution < 1.29 is 0 Å².